The fourth-order valence-electron chi connectivity index (χ4n) is 4.21. The lowest BCUT2D eigenvalue weighted by Gasteiger charge is -2.32. The van der Waals surface area contributed by atoms with Crippen molar-refractivity contribution in [2.24, 2.45) is 0 Å². The van der Waals surface area contributed by atoms with Crippen LogP contribution in [0.3, 0.4) is 0 Å². The van der Waals surface area contributed by atoms with Gasteiger partial charge >= 0.3 is 0 Å². The third kappa shape index (κ3) is 4.43. The van der Waals surface area contributed by atoms with Gasteiger partial charge in [-0.1, -0.05) is 24.8 Å². The SMILES string of the molecule is C=CC(=O)N1CCC[C@@H](n2ncc3c(Nc4ccc(Oc5ccccc5)cc4)nccc32)C1. The largest absolute Gasteiger partial charge is 0.457 e. The summed E-state index contributed by atoms with van der Waals surface area (Å²) in [4.78, 5) is 18.5. The molecule has 1 aliphatic rings. The van der Waals surface area contributed by atoms with E-state index in [2.05, 4.69) is 22.0 Å². The molecule has 0 radical (unpaired) electrons. The highest BCUT2D eigenvalue weighted by Gasteiger charge is 2.25. The lowest BCUT2D eigenvalue weighted by molar-refractivity contribution is -0.127. The maximum Gasteiger partial charge on any atom is 0.246 e. The predicted molar refractivity (Wildman–Crippen MR) is 129 cm³/mol. The van der Waals surface area contributed by atoms with Crippen LogP contribution in [0.15, 0.2) is 85.7 Å². The average Bonchev–Trinajstić information content (AvgIpc) is 3.31. The van der Waals surface area contributed by atoms with Gasteiger partial charge in [0.05, 0.1) is 23.1 Å². The van der Waals surface area contributed by atoms with E-state index in [4.69, 9.17) is 4.74 Å². The zero-order valence-electron chi connectivity index (χ0n) is 18.2. The molecule has 0 spiro atoms. The molecule has 5 rings (SSSR count). The number of amides is 1. The van der Waals surface area contributed by atoms with Crippen LogP contribution in [-0.4, -0.2) is 38.7 Å². The number of pyridine rings is 1. The molecule has 3 heterocycles. The molecule has 0 bridgehead atoms. The number of anilines is 2. The van der Waals surface area contributed by atoms with Gasteiger partial charge in [0.2, 0.25) is 5.91 Å². The standard InChI is InChI=1S/C26H25N5O2/c1-2-25(32)30-16-6-7-20(18-30)31-24-14-15-27-26(23(24)17-28-31)29-19-10-12-22(13-11-19)33-21-8-4-3-5-9-21/h2-5,8-15,17,20H,1,6-7,16,18H2,(H,27,29)/t20-/m1/s1. The highest BCUT2D eigenvalue weighted by atomic mass is 16.5. The Labute approximate surface area is 192 Å². The maximum atomic E-state index is 12.1. The number of hydrogen-bond acceptors (Lipinski definition) is 5. The molecule has 33 heavy (non-hydrogen) atoms. The van der Waals surface area contributed by atoms with Gasteiger partial charge in [-0.3, -0.25) is 9.48 Å². The van der Waals surface area contributed by atoms with Gasteiger partial charge in [0.1, 0.15) is 17.3 Å². The van der Waals surface area contributed by atoms with Crippen LogP contribution in [0.1, 0.15) is 18.9 Å². The number of aromatic nitrogens is 3. The molecule has 1 aliphatic heterocycles. The molecule has 1 fully saturated rings. The van der Waals surface area contributed by atoms with Crippen molar-refractivity contribution in [3.05, 3.63) is 85.7 Å². The summed E-state index contributed by atoms with van der Waals surface area (Å²) in [6.07, 6.45) is 6.92. The van der Waals surface area contributed by atoms with Crippen molar-refractivity contribution in [1.29, 1.82) is 0 Å². The third-order valence-corrected chi connectivity index (χ3v) is 5.85. The van der Waals surface area contributed by atoms with Crippen LogP contribution < -0.4 is 10.1 Å². The summed E-state index contributed by atoms with van der Waals surface area (Å²) >= 11 is 0. The van der Waals surface area contributed by atoms with Gasteiger partial charge in [0.15, 0.2) is 0 Å². The van der Waals surface area contributed by atoms with Crippen LogP contribution in [-0.2, 0) is 4.79 Å². The van der Waals surface area contributed by atoms with Crippen molar-refractivity contribution < 1.29 is 9.53 Å². The molecule has 7 nitrogen and oxygen atoms in total. The minimum absolute atomic E-state index is 0.0279. The molecule has 0 unspecified atom stereocenters. The van der Waals surface area contributed by atoms with E-state index in [1.54, 1.807) is 6.20 Å². The van der Waals surface area contributed by atoms with E-state index < -0.39 is 0 Å². The lowest BCUT2D eigenvalue weighted by atomic mass is 10.1. The van der Waals surface area contributed by atoms with Crippen LogP contribution in [0.5, 0.6) is 11.5 Å². The van der Waals surface area contributed by atoms with Crippen molar-refractivity contribution in [1.82, 2.24) is 19.7 Å². The summed E-state index contributed by atoms with van der Waals surface area (Å²) in [6, 6.07) is 19.6. The quantitative estimate of drug-likeness (QED) is 0.412. The molecular weight excluding hydrogens is 414 g/mol. The molecule has 166 valence electrons. The first-order valence-electron chi connectivity index (χ1n) is 11.0. The molecule has 1 saturated heterocycles. The van der Waals surface area contributed by atoms with Crippen molar-refractivity contribution in [2.45, 2.75) is 18.9 Å². The summed E-state index contributed by atoms with van der Waals surface area (Å²) in [6.45, 7) is 5.01. The van der Waals surface area contributed by atoms with Gasteiger partial charge < -0.3 is 15.0 Å². The summed E-state index contributed by atoms with van der Waals surface area (Å²) in [5, 5.41) is 8.99. The van der Waals surface area contributed by atoms with Gasteiger partial charge in [-0.25, -0.2) is 4.98 Å². The zero-order chi connectivity index (χ0) is 22.6. The van der Waals surface area contributed by atoms with E-state index in [9.17, 15) is 4.79 Å². The van der Waals surface area contributed by atoms with Crippen LogP contribution in [0.4, 0.5) is 11.5 Å². The van der Waals surface area contributed by atoms with Gasteiger partial charge in [-0.15, -0.1) is 0 Å². The van der Waals surface area contributed by atoms with Gasteiger partial charge in [-0.2, -0.15) is 5.10 Å². The predicted octanol–water partition coefficient (Wildman–Crippen LogP) is 5.32. The van der Waals surface area contributed by atoms with Crippen molar-refractivity contribution >= 4 is 28.3 Å². The number of ether oxygens (including phenoxy) is 1. The molecule has 2 aromatic carbocycles. The Morgan fingerprint density at radius 1 is 1.09 bits per heavy atom. The molecule has 1 atom stereocenters. The first kappa shape index (κ1) is 20.8. The highest BCUT2D eigenvalue weighted by molar-refractivity contribution is 5.91. The van der Waals surface area contributed by atoms with Crippen molar-refractivity contribution in [3.63, 3.8) is 0 Å². The van der Waals surface area contributed by atoms with Gasteiger partial charge in [0.25, 0.3) is 0 Å². The first-order valence-corrected chi connectivity index (χ1v) is 11.0. The smallest absolute Gasteiger partial charge is 0.246 e. The number of carbonyl (C=O) groups is 1. The number of nitrogens with one attached hydrogen (secondary N) is 1. The number of fused-ring (bicyclic) bond motifs is 1. The van der Waals surface area contributed by atoms with Gasteiger partial charge in [0, 0.05) is 25.0 Å². The monoisotopic (exact) mass is 439 g/mol. The Kier molecular flexibility index (Phi) is 5.76. The Morgan fingerprint density at radius 2 is 1.88 bits per heavy atom. The van der Waals surface area contributed by atoms with E-state index >= 15 is 0 Å². The Morgan fingerprint density at radius 3 is 2.67 bits per heavy atom. The van der Waals surface area contributed by atoms with E-state index in [0.717, 1.165) is 53.3 Å². The van der Waals surface area contributed by atoms with Crippen LogP contribution in [0, 0.1) is 0 Å². The van der Waals surface area contributed by atoms with Crippen LogP contribution >= 0.6 is 0 Å². The number of piperidine rings is 1. The summed E-state index contributed by atoms with van der Waals surface area (Å²) in [7, 11) is 0. The average molecular weight is 440 g/mol. The fraction of sp³-hybridized carbons (Fsp3) is 0.192. The number of rotatable bonds is 6. The molecular formula is C26H25N5O2. The summed E-state index contributed by atoms with van der Waals surface area (Å²) < 4.78 is 7.88. The Bertz CT molecular complexity index is 1270. The summed E-state index contributed by atoms with van der Waals surface area (Å²) in [5.41, 5.74) is 1.90. The molecule has 1 N–H and O–H groups in total. The molecule has 1 amide bonds. The maximum absolute atomic E-state index is 12.1. The number of nitrogens with zero attached hydrogens (tertiary/aromatic N) is 4. The Hall–Kier alpha value is -4.13. The van der Waals surface area contributed by atoms with Crippen molar-refractivity contribution in [2.75, 3.05) is 18.4 Å². The normalized spacial score (nSPS) is 15.9. The molecule has 2 aromatic heterocycles. The molecule has 0 aliphatic carbocycles. The van der Waals surface area contributed by atoms with Crippen molar-refractivity contribution in [3.8, 4) is 11.5 Å². The molecule has 0 saturated carbocycles. The summed E-state index contributed by atoms with van der Waals surface area (Å²) in [5.74, 6) is 2.28. The van der Waals surface area contributed by atoms with Gasteiger partial charge in [-0.05, 0) is 61.4 Å². The van der Waals surface area contributed by atoms with E-state index in [0.29, 0.717) is 6.54 Å². The number of benzene rings is 2. The minimum atomic E-state index is -0.0279. The molecule has 4 aromatic rings. The van der Waals surface area contributed by atoms with Crippen LogP contribution in [0.2, 0.25) is 0 Å². The number of hydrogen-bond donors (Lipinski definition) is 1. The zero-order valence-corrected chi connectivity index (χ0v) is 18.2. The third-order valence-electron chi connectivity index (χ3n) is 5.85. The number of para-hydroxylation sites is 1. The minimum Gasteiger partial charge on any atom is -0.457 e. The van der Waals surface area contributed by atoms with Crippen LogP contribution in [0.25, 0.3) is 10.9 Å². The van der Waals surface area contributed by atoms with E-state index in [1.165, 1.54) is 6.08 Å². The fourth-order valence-corrected chi connectivity index (χ4v) is 4.21. The van der Waals surface area contributed by atoms with E-state index in [1.807, 2.05) is 76.4 Å². The topological polar surface area (TPSA) is 72.3 Å². The number of carbonyl (C=O) groups excluding carboxylic acids is 1. The van der Waals surface area contributed by atoms with E-state index in [-0.39, 0.29) is 11.9 Å². The second-order valence-corrected chi connectivity index (χ2v) is 8.03. The first-order chi connectivity index (χ1) is 16.2. The highest BCUT2D eigenvalue weighted by Crippen LogP contribution is 2.30. The number of likely N-dealkylation sites (tertiary alicyclic amines) is 1. The second kappa shape index (κ2) is 9.16. The Balaban J connectivity index is 1.34. The molecule has 7 heteroatoms. The lowest BCUT2D eigenvalue weighted by Crippen LogP contribution is -2.40. The second-order valence-electron chi connectivity index (χ2n) is 8.03.